The van der Waals surface area contributed by atoms with E-state index in [1.807, 2.05) is 31.2 Å². The molecule has 166 valence electrons. The van der Waals surface area contributed by atoms with E-state index in [4.69, 9.17) is 22.7 Å². The fraction of sp³-hybridized carbons (Fsp3) is 0.304. The van der Waals surface area contributed by atoms with Gasteiger partial charge in [-0.15, -0.1) is 0 Å². The number of fused-ring (bicyclic) bond motifs is 1. The molecule has 0 bridgehead atoms. The van der Waals surface area contributed by atoms with Crippen LogP contribution in [-0.4, -0.2) is 47.8 Å². The zero-order valence-electron chi connectivity index (χ0n) is 17.9. The van der Waals surface area contributed by atoms with Crippen molar-refractivity contribution in [3.05, 3.63) is 63.4 Å². The molecule has 0 atom stereocenters. The van der Waals surface area contributed by atoms with Crippen molar-refractivity contribution in [2.45, 2.75) is 19.8 Å². The van der Waals surface area contributed by atoms with Crippen molar-refractivity contribution in [2.24, 2.45) is 0 Å². The second kappa shape index (κ2) is 9.00. The third-order valence-electron chi connectivity index (χ3n) is 5.72. The highest BCUT2D eigenvalue weighted by atomic mass is 35.5. The largest absolute Gasteiger partial charge is 0.367 e. The molecule has 9 heteroatoms. The van der Waals surface area contributed by atoms with Crippen molar-refractivity contribution < 1.29 is 9.36 Å². The number of anilines is 2. The molecule has 8 nitrogen and oxygen atoms in total. The number of para-hydroxylation sites is 1. The normalized spacial score (nSPS) is 14.1. The minimum atomic E-state index is -0.476. The molecule has 3 aromatic rings. The number of piperazine rings is 1. The van der Waals surface area contributed by atoms with E-state index >= 15 is 0 Å². The van der Waals surface area contributed by atoms with Gasteiger partial charge in [0.25, 0.3) is 11.7 Å². The molecular weight excluding hydrogens is 428 g/mol. The summed E-state index contributed by atoms with van der Waals surface area (Å²) in [4.78, 5) is 32.2. The number of aromatic nitrogens is 2. The molecule has 0 radical (unpaired) electrons. The standard InChI is InChI=1S/C23H25ClN6O2/c1-2-5-20(25)30-19-9-8-15(14-17(19)27-22(31)21(30)26)23(32)29-12-10-28(11-13-29)18-7-4-3-6-16(18)24/h3-4,6-9,14,25-26H,2,5,10-13H2,1H3,(H,27,31)/p+1. The Kier molecular flexibility index (Phi) is 6.14. The Hall–Kier alpha value is -3.39. The van der Waals surface area contributed by atoms with Crippen LogP contribution in [0.2, 0.25) is 5.02 Å². The zero-order valence-corrected chi connectivity index (χ0v) is 18.7. The Balaban J connectivity index is 1.57. The fourth-order valence-corrected chi connectivity index (χ4v) is 4.32. The van der Waals surface area contributed by atoms with Gasteiger partial charge in [-0.25, -0.2) is 0 Å². The number of hydrogen-bond donors (Lipinski definition) is 3. The number of H-pyrrole nitrogens is 1. The average Bonchev–Trinajstić information content (AvgIpc) is 2.80. The van der Waals surface area contributed by atoms with Crippen LogP contribution < -0.4 is 20.8 Å². The number of aromatic amines is 1. The first-order valence-electron chi connectivity index (χ1n) is 10.6. The summed E-state index contributed by atoms with van der Waals surface area (Å²) in [5.41, 5.74) is 8.01. The van der Waals surface area contributed by atoms with Gasteiger partial charge in [0.15, 0.2) is 0 Å². The van der Waals surface area contributed by atoms with Crippen LogP contribution in [0, 0.1) is 5.41 Å². The van der Waals surface area contributed by atoms with E-state index in [-0.39, 0.29) is 17.6 Å². The number of nitrogens with two attached hydrogens (primary N) is 1. The molecule has 0 unspecified atom stereocenters. The van der Waals surface area contributed by atoms with Crippen LogP contribution in [-0.2, 0) is 0 Å². The second-order valence-corrected chi connectivity index (χ2v) is 8.24. The molecule has 4 rings (SSSR count). The molecule has 0 spiro atoms. The van der Waals surface area contributed by atoms with Gasteiger partial charge < -0.3 is 20.5 Å². The van der Waals surface area contributed by atoms with E-state index in [1.165, 1.54) is 4.57 Å². The Morgan fingerprint density at radius 3 is 2.59 bits per heavy atom. The van der Waals surface area contributed by atoms with Crippen LogP contribution in [0.1, 0.15) is 30.1 Å². The third kappa shape index (κ3) is 4.05. The Morgan fingerprint density at radius 2 is 1.91 bits per heavy atom. The Bertz CT molecular complexity index is 1250. The monoisotopic (exact) mass is 453 g/mol. The zero-order chi connectivity index (χ0) is 22.8. The van der Waals surface area contributed by atoms with Gasteiger partial charge in [0.1, 0.15) is 5.52 Å². The van der Waals surface area contributed by atoms with Crippen molar-refractivity contribution in [3.63, 3.8) is 0 Å². The minimum absolute atomic E-state index is 0.0364. The maximum absolute atomic E-state index is 13.1. The number of carbonyl (C=O) groups is 1. The molecule has 2 aromatic carbocycles. The van der Waals surface area contributed by atoms with E-state index in [0.717, 1.165) is 12.1 Å². The van der Waals surface area contributed by atoms with Crippen LogP contribution >= 0.6 is 11.6 Å². The first kappa shape index (κ1) is 21.8. The maximum atomic E-state index is 13.1. The molecule has 1 saturated heterocycles. The fourth-order valence-electron chi connectivity index (χ4n) is 4.06. The van der Waals surface area contributed by atoms with E-state index in [2.05, 4.69) is 9.88 Å². The molecule has 1 fully saturated rings. The topological polar surface area (TPSA) is 110 Å². The first-order chi connectivity index (χ1) is 15.4. The van der Waals surface area contributed by atoms with Gasteiger partial charge >= 0.3 is 5.56 Å². The number of halogens is 1. The van der Waals surface area contributed by atoms with Gasteiger partial charge in [-0.05, 0) is 36.8 Å². The lowest BCUT2D eigenvalue weighted by Gasteiger charge is -2.36. The summed E-state index contributed by atoms with van der Waals surface area (Å²) in [5.74, 6) is 0.111. The molecule has 1 aliphatic rings. The smallest absolute Gasteiger partial charge is 0.321 e. The van der Waals surface area contributed by atoms with Gasteiger partial charge in [0, 0.05) is 38.2 Å². The summed E-state index contributed by atoms with van der Waals surface area (Å²) in [6.45, 7) is 4.47. The maximum Gasteiger partial charge on any atom is 0.321 e. The number of carbonyl (C=O) groups excluding carboxylic acids is 1. The molecule has 0 saturated carbocycles. The molecule has 32 heavy (non-hydrogen) atoms. The van der Waals surface area contributed by atoms with Crippen molar-refractivity contribution in [1.82, 2.24) is 9.88 Å². The third-order valence-corrected chi connectivity index (χ3v) is 6.04. The van der Waals surface area contributed by atoms with Gasteiger partial charge in [-0.2, -0.15) is 9.98 Å². The highest BCUT2D eigenvalue weighted by Gasteiger charge is 2.25. The lowest BCUT2D eigenvalue weighted by Crippen LogP contribution is -2.50. The average molecular weight is 454 g/mol. The summed E-state index contributed by atoms with van der Waals surface area (Å²) in [6.07, 6.45) is 1.25. The lowest BCUT2D eigenvalue weighted by atomic mass is 10.1. The van der Waals surface area contributed by atoms with Gasteiger partial charge in [0.05, 0.1) is 16.2 Å². The van der Waals surface area contributed by atoms with Crippen molar-refractivity contribution in [3.8, 4) is 0 Å². The molecule has 1 aromatic heterocycles. The molecule has 1 aliphatic heterocycles. The van der Waals surface area contributed by atoms with Gasteiger partial charge in [-0.1, -0.05) is 30.7 Å². The van der Waals surface area contributed by atoms with E-state index in [0.29, 0.717) is 54.2 Å². The number of hydrogen-bond acceptors (Lipinski definition) is 5. The van der Waals surface area contributed by atoms with Crippen molar-refractivity contribution in [1.29, 1.82) is 5.41 Å². The number of nitrogen functional groups attached to an aromatic ring is 1. The summed E-state index contributed by atoms with van der Waals surface area (Å²) in [5, 5.41) is 8.99. The summed E-state index contributed by atoms with van der Waals surface area (Å²) in [7, 11) is 0. The number of nitrogens with zero attached hydrogens (tertiary/aromatic N) is 3. The highest BCUT2D eigenvalue weighted by molar-refractivity contribution is 6.33. The predicted molar refractivity (Wildman–Crippen MR) is 127 cm³/mol. The molecular formula is C23H26ClN6O2+. The summed E-state index contributed by atoms with van der Waals surface area (Å²) >= 11 is 6.31. The van der Waals surface area contributed by atoms with Crippen LogP contribution in [0.25, 0.3) is 11.0 Å². The predicted octanol–water partition coefficient (Wildman–Crippen LogP) is 2.64. The Labute approximate surface area is 190 Å². The van der Waals surface area contributed by atoms with Crippen molar-refractivity contribution in [2.75, 3.05) is 36.8 Å². The first-order valence-corrected chi connectivity index (χ1v) is 11.0. The molecule has 4 N–H and O–H groups in total. The number of benzene rings is 2. The number of rotatable bonds is 4. The van der Waals surface area contributed by atoms with Crippen LogP contribution in [0.3, 0.4) is 0 Å². The van der Waals surface area contributed by atoms with E-state index < -0.39 is 5.56 Å². The molecule has 1 amide bonds. The molecule has 2 heterocycles. The van der Waals surface area contributed by atoms with E-state index in [9.17, 15) is 9.59 Å². The SMILES string of the molecule is CCCC(=N)[n+]1c(N)c(=O)[nH]c2cc(C(=O)N3CCN(c4ccccc4Cl)CC3)ccc21. The summed E-state index contributed by atoms with van der Waals surface area (Å²) < 4.78 is 1.45. The lowest BCUT2D eigenvalue weighted by molar-refractivity contribution is -0.514. The van der Waals surface area contributed by atoms with Gasteiger partial charge in [-0.3, -0.25) is 9.59 Å². The minimum Gasteiger partial charge on any atom is -0.367 e. The quantitative estimate of drug-likeness (QED) is 0.320. The number of amides is 1. The van der Waals surface area contributed by atoms with Crippen LogP contribution in [0.15, 0.2) is 47.3 Å². The second-order valence-electron chi connectivity index (χ2n) is 7.83. The van der Waals surface area contributed by atoms with E-state index in [1.54, 1.807) is 23.1 Å². The molecule has 0 aliphatic carbocycles. The van der Waals surface area contributed by atoms with Crippen LogP contribution in [0.5, 0.6) is 0 Å². The Morgan fingerprint density at radius 1 is 1.19 bits per heavy atom. The highest BCUT2D eigenvalue weighted by Crippen LogP contribution is 2.26. The number of nitrogens with one attached hydrogen (secondary N) is 2. The van der Waals surface area contributed by atoms with Crippen molar-refractivity contribution >= 4 is 45.9 Å². The summed E-state index contributed by atoms with van der Waals surface area (Å²) in [6, 6.07) is 12.8. The van der Waals surface area contributed by atoms with Gasteiger partial charge in [0.2, 0.25) is 5.84 Å². The van der Waals surface area contributed by atoms with Crippen LogP contribution in [0.4, 0.5) is 11.5 Å².